The predicted octanol–water partition coefficient (Wildman–Crippen LogP) is 4.69. The monoisotopic (exact) mass is 186 g/mol. The first kappa shape index (κ1) is 1.37. The molecule has 1 rings (SSSR count). The van der Waals surface area contributed by atoms with E-state index in [1.165, 1.54) is 11.1 Å². The van der Waals surface area contributed by atoms with E-state index >= 15 is 0 Å². The van der Waals surface area contributed by atoms with Crippen LogP contribution in [0.1, 0.15) is 48.2 Å². The van der Waals surface area contributed by atoms with Crippen molar-refractivity contribution in [1.29, 1.82) is 0 Å². The van der Waals surface area contributed by atoms with Crippen LogP contribution in [0, 0.1) is 6.92 Å². The van der Waals surface area contributed by atoms with Crippen LogP contribution in [0.25, 0.3) is 0 Å². The summed E-state index contributed by atoms with van der Waals surface area (Å²) in [6, 6.07) is 8.35. The molecule has 1 aromatic rings. The second kappa shape index (κ2) is 3.37. The third-order valence-electron chi connectivity index (χ3n) is 1.67. The average Bonchev–Trinajstić information content (AvgIpc) is 3.03. The maximum absolute atomic E-state index is 5.43. The third kappa shape index (κ3) is 1.58. The summed E-state index contributed by atoms with van der Waals surface area (Å²) >= 11 is 0. The second-order valence-corrected chi connectivity index (χ2v) is 2.47. The molecule has 0 atom stereocenters. The maximum atomic E-state index is 5.43. The Kier molecular flexibility index (Phi) is 0.462. The highest BCUT2D eigenvalue weighted by molar-refractivity contribution is 5.25. The van der Waals surface area contributed by atoms with E-state index in [1.54, 1.807) is 0 Å². The van der Waals surface area contributed by atoms with Gasteiger partial charge in [0.1, 0.15) is 0 Å². The van der Waals surface area contributed by atoms with E-state index in [4.69, 9.17) is 41.4 Å². The lowest BCUT2D eigenvalue weighted by atomic mass is 10.1. The molecule has 0 fully saturated rings. The summed E-state index contributed by atoms with van der Waals surface area (Å²) in [7, 11) is 0. The van der Waals surface area contributed by atoms with E-state index in [9.17, 15) is 0 Å². The summed E-state index contributed by atoms with van der Waals surface area (Å²) in [5, 5.41) is 0. The molecule has 2 N–H and O–H groups in total. The van der Waals surface area contributed by atoms with Crippen LogP contribution in [-0.4, -0.2) is 6.54 Å². The molecule has 0 aliphatic rings. The Bertz CT molecular complexity index is 236. The first-order chi connectivity index (χ1) is 16.8. The molecule has 80 valence electrons. The summed E-state index contributed by atoms with van der Waals surface area (Å²) < 4.78 is 120. The van der Waals surface area contributed by atoms with Gasteiger partial charge in [-0.05, 0) is 31.0 Å². The smallest absolute Gasteiger partial charge is 0 e. The number of rotatable bonds is 2. The van der Waals surface area contributed by atoms with Gasteiger partial charge in [0.15, 0.2) is 0 Å². The van der Waals surface area contributed by atoms with E-state index in [0.717, 1.165) is 13.0 Å². The van der Waals surface area contributed by atoms with Crippen molar-refractivity contribution >= 4 is 0 Å². The Hall–Kier alpha value is -0.820. The van der Waals surface area contributed by atoms with Crippen molar-refractivity contribution in [2.45, 2.75) is 13.3 Å². The molecule has 1 heteroatoms. The molecule has 0 aliphatic carbocycles. The number of aryl methyl sites for hydroxylation is 1. The first-order valence-corrected chi connectivity index (χ1v) is 3.59. The second-order valence-electron chi connectivity index (χ2n) is 2.47. The Morgan fingerprint density at radius 3 is 2.80 bits per heavy atom. The van der Waals surface area contributed by atoms with Gasteiger partial charge in [0.05, 0.1) is 0 Å². The summed E-state index contributed by atoms with van der Waals surface area (Å²) in [5.74, 6) is 0. The Balaban J connectivity index is -0.0000000153. The lowest BCUT2D eigenvalue weighted by molar-refractivity contribution is 0.958. The molecule has 0 bridgehead atoms. The zero-order chi connectivity index (χ0) is 31.4. The number of nitrogens with two attached hydrogens (primary N) is 1. The topological polar surface area (TPSA) is 26.0 Å². The molecule has 0 aromatic heterocycles. The van der Waals surface area contributed by atoms with Crippen LogP contribution in [0.3, 0.4) is 0 Å². The fraction of sp³-hybridized carbons (Fsp3) is 0.333. The maximum Gasteiger partial charge on any atom is 0 e. The zero-order valence-electron chi connectivity index (χ0n) is 30.3. The molecule has 0 amide bonds. The number of hydrogen-bond donors (Lipinski definition) is 1. The fourth-order valence-electron chi connectivity index (χ4n) is 1.05. The van der Waals surface area contributed by atoms with Gasteiger partial charge < -0.3 is 5.73 Å². The average molecular weight is 187 g/mol. The van der Waals surface area contributed by atoms with Crippen LogP contribution in [-0.2, 0) is 6.42 Å². The molecule has 1 nitrogen and oxygen atoms in total. The van der Waals surface area contributed by atoms with Crippen LogP contribution < -0.4 is 5.73 Å². The largest absolute Gasteiger partial charge is 0.330 e. The van der Waals surface area contributed by atoms with Crippen LogP contribution >= 0.6 is 0 Å². The molecule has 0 aliphatic heterocycles. The van der Waals surface area contributed by atoms with Crippen molar-refractivity contribution in [1.82, 2.24) is 0 Å². The van der Waals surface area contributed by atoms with Crippen molar-refractivity contribution in [2.24, 2.45) is 5.73 Å². The molecular formula is C9H39N. The van der Waals surface area contributed by atoms with Crippen molar-refractivity contribution in [3.63, 3.8) is 0 Å². The van der Waals surface area contributed by atoms with E-state index in [2.05, 4.69) is 31.2 Å². The number of benzene rings is 1. The molecule has 0 radical (unpaired) electrons. The van der Waals surface area contributed by atoms with E-state index < -0.39 is 0 Å². The molecule has 0 heterocycles. The first-order valence-electron chi connectivity index (χ1n) is 15.6. The van der Waals surface area contributed by atoms with Crippen LogP contribution in [0.15, 0.2) is 24.3 Å². The quantitative estimate of drug-likeness (QED) is 0.712. The molecule has 1 aromatic carbocycles. The fourth-order valence-corrected chi connectivity index (χ4v) is 1.05. The molecule has 10 heavy (non-hydrogen) atoms. The van der Waals surface area contributed by atoms with Gasteiger partial charge in [-0.1, -0.05) is 24.3 Å². The van der Waals surface area contributed by atoms with Crippen LogP contribution in [0.5, 0.6) is 0 Å². The van der Waals surface area contributed by atoms with Gasteiger partial charge in [-0.3, -0.25) is 0 Å². The predicted molar refractivity (Wildman–Crippen MR) is 71.4 cm³/mol. The highest BCUT2D eigenvalue weighted by Gasteiger charge is 1.92. The highest BCUT2D eigenvalue weighted by Crippen LogP contribution is 2.05. The Labute approximate surface area is 100 Å². The van der Waals surface area contributed by atoms with Gasteiger partial charge in [0, 0.05) is 37.1 Å². The van der Waals surface area contributed by atoms with Gasteiger partial charge in [-0.15, -0.1) is 0 Å². The van der Waals surface area contributed by atoms with Gasteiger partial charge >= 0.3 is 0 Å². The van der Waals surface area contributed by atoms with E-state index in [-0.39, 0.29) is 1.43 Å². The zero-order valence-corrected chi connectivity index (χ0v) is 6.30. The van der Waals surface area contributed by atoms with Crippen molar-refractivity contribution in [3.8, 4) is 0 Å². The summed E-state index contributed by atoms with van der Waals surface area (Å²) in [6.45, 7) is 2.86. The van der Waals surface area contributed by atoms with Crippen molar-refractivity contribution < 1.29 is 37.1 Å². The molecule has 0 saturated carbocycles. The standard InChI is InChI=1S/C9H13N.13H2/c1-8-4-2-3-5-9(8)6-7-10;;;;;;;;;;;;;/h2-5H,6-7,10H2,1H3;13*1H/i;12*1+1D;1+1. The normalized spacial score (nSPS) is 19.4. The lowest BCUT2D eigenvalue weighted by Gasteiger charge is -2.01. The number of hydrogen-bond acceptors (Lipinski definition) is 1. The highest BCUT2D eigenvalue weighted by atomic mass is 14.5. The molecule has 0 unspecified atom stereocenters. The Morgan fingerprint density at radius 1 is 1.50 bits per heavy atom. The summed E-state index contributed by atoms with van der Waals surface area (Å²) in [4.78, 5) is 0. The van der Waals surface area contributed by atoms with Gasteiger partial charge in [-0.2, -0.15) is 0 Å². The van der Waals surface area contributed by atoms with Gasteiger partial charge in [0.25, 0.3) is 0 Å². The van der Waals surface area contributed by atoms with E-state index in [0.29, 0.717) is 0 Å². The Morgan fingerprint density at radius 2 is 2.20 bits per heavy atom. The van der Waals surface area contributed by atoms with E-state index in [1.807, 2.05) is 0 Å². The van der Waals surface area contributed by atoms with Gasteiger partial charge in [-0.25, -0.2) is 0 Å². The summed E-state index contributed by atoms with van der Waals surface area (Å²) in [5.41, 5.74) is 8.14. The third-order valence-corrected chi connectivity index (χ3v) is 1.67. The molecular weight excluding hydrogens is 122 g/mol. The van der Waals surface area contributed by atoms with Crippen LogP contribution in [0.4, 0.5) is 0 Å². The summed E-state index contributed by atoms with van der Waals surface area (Å²) in [6.07, 6.45) is 0.993. The minimum Gasteiger partial charge on any atom is -0.330 e. The molecule has 0 saturated heterocycles. The van der Waals surface area contributed by atoms with Crippen molar-refractivity contribution in [3.05, 3.63) is 35.4 Å². The minimum atomic E-state index is 0. The van der Waals surface area contributed by atoms with Crippen LogP contribution in [0.2, 0.25) is 0 Å². The van der Waals surface area contributed by atoms with Gasteiger partial charge in [0.2, 0.25) is 0 Å². The lowest BCUT2D eigenvalue weighted by Crippen LogP contribution is -2.03. The molecule has 0 spiro atoms. The SMILES string of the molecule is Cc1ccccc1CCN.[2HH].[2H][2H].[2H][2H].[2H][2H].[2H][2H].[2H][2H].[2H][2H].[2H][2H].[2H][2H].[2H][2H].[2H][2H].[2H][2H].[2H][2H]. The minimum absolute atomic E-state index is 0. The van der Waals surface area contributed by atoms with Crippen molar-refractivity contribution in [2.75, 3.05) is 6.54 Å².